The molecule has 0 bridgehead atoms. The first kappa shape index (κ1) is 11.0. The fraction of sp³-hybridized carbons (Fsp3) is 0.583. The van der Waals surface area contributed by atoms with Gasteiger partial charge in [-0.25, -0.2) is 0 Å². The van der Waals surface area contributed by atoms with Gasteiger partial charge in [0.15, 0.2) is 0 Å². The molecule has 1 saturated heterocycles. The van der Waals surface area contributed by atoms with Crippen molar-refractivity contribution in [2.45, 2.75) is 39.7 Å². The van der Waals surface area contributed by atoms with E-state index in [1.54, 1.807) is 0 Å². The molecular weight excluding hydrogens is 174 g/mol. The number of ether oxygens (including phenoxy) is 1. The molecule has 1 rings (SSSR count). The Kier molecular flexibility index (Phi) is 4.44. The van der Waals surface area contributed by atoms with Crippen molar-refractivity contribution in [3.8, 4) is 0 Å². The summed E-state index contributed by atoms with van der Waals surface area (Å²) in [5, 5.41) is 0. The zero-order valence-electron chi connectivity index (χ0n) is 9.29. The van der Waals surface area contributed by atoms with Crippen LogP contribution in [0.5, 0.6) is 0 Å². The van der Waals surface area contributed by atoms with Crippen LogP contribution in [0, 0.1) is 0 Å². The van der Waals surface area contributed by atoms with Gasteiger partial charge < -0.3 is 4.74 Å². The second kappa shape index (κ2) is 5.63. The maximum Gasteiger partial charge on any atom is 0.120 e. The van der Waals surface area contributed by atoms with Crippen LogP contribution >= 0.6 is 0 Å². The molecule has 0 spiro atoms. The van der Waals surface area contributed by atoms with Crippen molar-refractivity contribution in [3.63, 3.8) is 0 Å². The van der Waals surface area contributed by atoms with Gasteiger partial charge >= 0.3 is 0 Å². The van der Waals surface area contributed by atoms with Gasteiger partial charge in [0.05, 0.1) is 6.54 Å². The van der Waals surface area contributed by atoms with Crippen molar-refractivity contribution in [1.82, 2.24) is 0 Å². The van der Waals surface area contributed by atoms with E-state index in [0.717, 1.165) is 25.1 Å². The van der Waals surface area contributed by atoms with Crippen molar-refractivity contribution in [3.05, 3.63) is 23.5 Å². The summed E-state index contributed by atoms with van der Waals surface area (Å²) >= 11 is 0. The summed E-state index contributed by atoms with van der Waals surface area (Å²) in [5.41, 5.74) is 1.31. The van der Waals surface area contributed by atoms with Gasteiger partial charge in [0.25, 0.3) is 0 Å². The molecule has 0 amide bonds. The molecule has 1 aliphatic rings. The molecule has 78 valence electrons. The van der Waals surface area contributed by atoms with E-state index < -0.39 is 0 Å². The molecule has 1 heterocycles. The third kappa shape index (κ3) is 3.02. The highest BCUT2D eigenvalue weighted by atomic mass is 16.5. The Balaban J connectivity index is 2.54. The maximum absolute atomic E-state index is 5.66. The number of allylic oxidation sites excluding steroid dienone is 2. The summed E-state index contributed by atoms with van der Waals surface area (Å²) < 4.78 is 5.66. The Morgan fingerprint density at radius 1 is 1.57 bits per heavy atom. The van der Waals surface area contributed by atoms with E-state index in [1.165, 1.54) is 5.57 Å². The van der Waals surface area contributed by atoms with Crippen LogP contribution in [-0.4, -0.2) is 18.9 Å². The van der Waals surface area contributed by atoms with E-state index in [9.17, 15) is 0 Å². The fourth-order valence-corrected chi connectivity index (χ4v) is 1.52. The SMILES string of the molecule is C/C=C1/CC(C)O/C1=C/CN=CCC. The Bertz CT molecular complexity index is 263. The lowest BCUT2D eigenvalue weighted by atomic mass is 10.1. The Hall–Kier alpha value is -1.05. The minimum Gasteiger partial charge on any atom is -0.490 e. The van der Waals surface area contributed by atoms with Gasteiger partial charge in [-0.1, -0.05) is 13.0 Å². The summed E-state index contributed by atoms with van der Waals surface area (Å²) in [5.74, 6) is 1.02. The van der Waals surface area contributed by atoms with Crippen LogP contribution in [0.1, 0.15) is 33.6 Å². The summed E-state index contributed by atoms with van der Waals surface area (Å²) in [6.45, 7) is 6.97. The minimum atomic E-state index is 0.322. The maximum atomic E-state index is 5.66. The molecular formula is C12H19NO. The van der Waals surface area contributed by atoms with Crippen molar-refractivity contribution in [1.29, 1.82) is 0 Å². The predicted octanol–water partition coefficient (Wildman–Crippen LogP) is 3.11. The Labute approximate surface area is 86.4 Å². The summed E-state index contributed by atoms with van der Waals surface area (Å²) in [6, 6.07) is 0. The zero-order valence-corrected chi connectivity index (χ0v) is 9.29. The van der Waals surface area contributed by atoms with E-state index in [4.69, 9.17) is 4.74 Å². The molecule has 0 aromatic heterocycles. The molecule has 0 aromatic rings. The molecule has 0 aromatic carbocycles. The largest absolute Gasteiger partial charge is 0.490 e. The molecule has 0 N–H and O–H groups in total. The van der Waals surface area contributed by atoms with Crippen molar-refractivity contribution >= 4 is 6.21 Å². The monoisotopic (exact) mass is 193 g/mol. The first-order valence-electron chi connectivity index (χ1n) is 5.28. The Morgan fingerprint density at radius 3 is 3.00 bits per heavy atom. The van der Waals surface area contributed by atoms with Gasteiger partial charge in [0.2, 0.25) is 0 Å². The molecule has 2 nitrogen and oxygen atoms in total. The van der Waals surface area contributed by atoms with Crippen molar-refractivity contribution < 1.29 is 4.74 Å². The standard InChI is InChI=1S/C12H19NO/c1-4-7-13-8-6-12-11(5-2)9-10(3)14-12/h5-7,10H,4,8-9H2,1-3H3/b11-5-,12-6+,13-7?. The molecule has 14 heavy (non-hydrogen) atoms. The second-order valence-corrected chi connectivity index (χ2v) is 3.47. The van der Waals surface area contributed by atoms with Crippen molar-refractivity contribution in [2.75, 3.05) is 6.54 Å². The van der Waals surface area contributed by atoms with Gasteiger partial charge in [-0.05, 0) is 38.1 Å². The minimum absolute atomic E-state index is 0.322. The summed E-state index contributed by atoms with van der Waals surface area (Å²) in [7, 11) is 0. The van der Waals surface area contributed by atoms with Gasteiger partial charge in [-0.3, -0.25) is 4.99 Å². The van der Waals surface area contributed by atoms with Crippen LogP contribution in [0.3, 0.4) is 0 Å². The van der Waals surface area contributed by atoms with Crippen LogP contribution in [0.4, 0.5) is 0 Å². The van der Waals surface area contributed by atoms with Crippen LogP contribution in [-0.2, 0) is 4.74 Å². The van der Waals surface area contributed by atoms with E-state index in [1.807, 2.05) is 6.21 Å². The number of hydrogen-bond donors (Lipinski definition) is 0. The molecule has 0 saturated carbocycles. The lowest BCUT2D eigenvalue weighted by molar-refractivity contribution is 0.178. The van der Waals surface area contributed by atoms with Gasteiger partial charge in [-0.2, -0.15) is 0 Å². The Morgan fingerprint density at radius 2 is 2.36 bits per heavy atom. The topological polar surface area (TPSA) is 21.6 Å². The third-order valence-electron chi connectivity index (χ3n) is 2.19. The van der Waals surface area contributed by atoms with Crippen molar-refractivity contribution in [2.24, 2.45) is 4.99 Å². The van der Waals surface area contributed by atoms with E-state index in [0.29, 0.717) is 6.10 Å². The van der Waals surface area contributed by atoms with Gasteiger partial charge in [-0.15, -0.1) is 0 Å². The molecule has 2 heteroatoms. The predicted molar refractivity (Wildman–Crippen MR) is 60.7 cm³/mol. The second-order valence-electron chi connectivity index (χ2n) is 3.47. The van der Waals surface area contributed by atoms with Crippen LogP contribution in [0.2, 0.25) is 0 Å². The highest BCUT2D eigenvalue weighted by Gasteiger charge is 2.20. The normalized spacial score (nSPS) is 27.8. The quantitative estimate of drug-likeness (QED) is 0.631. The molecule has 0 radical (unpaired) electrons. The molecule has 1 unspecified atom stereocenters. The van der Waals surface area contributed by atoms with Gasteiger partial charge in [0.1, 0.15) is 11.9 Å². The van der Waals surface area contributed by atoms with Gasteiger partial charge in [0, 0.05) is 6.42 Å². The highest BCUT2D eigenvalue weighted by molar-refractivity contribution is 5.56. The number of rotatable bonds is 3. The lowest BCUT2D eigenvalue weighted by Crippen LogP contribution is -1.94. The van der Waals surface area contributed by atoms with E-state index >= 15 is 0 Å². The average Bonchev–Trinajstić information content (AvgIpc) is 2.54. The molecule has 1 fully saturated rings. The lowest BCUT2D eigenvalue weighted by Gasteiger charge is -2.01. The fourth-order valence-electron chi connectivity index (χ4n) is 1.52. The van der Waals surface area contributed by atoms with E-state index in [-0.39, 0.29) is 0 Å². The number of aliphatic imine (C=N–C) groups is 1. The third-order valence-corrected chi connectivity index (χ3v) is 2.19. The van der Waals surface area contributed by atoms with E-state index in [2.05, 4.69) is 37.9 Å². The molecule has 1 atom stereocenters. The first-order valence-corrected chi connectivity index (χ1v) is 5.28. The molecule has 1 aliphatic heterocycles. The highest BCUT2D eigenvalue weighted by Crippen LogP contribution is 2.28. The van der Waals surface area contributed by atoms with Crippen LogP contribution in [0.15, 0.2) is 28.5 Å². The van der Waals surface area contributed by atoms with Crippen LogP contribution < -0.4 is 0 Å². The zero-order chi connectivity index (χ0) is 10.4. The molecule has 0 aliphatic carbocycles. The smallest absolute Gasteiger partial charge is 0.120 e. The average molecular weight is 193 g/mol. The number of hydrogen-bond acceptors (Lipinski definition) is 2. The van der Waals surface area contributed by atoms with Crippen LogP contribution in [0.25, 0.3) is 0 Å². The number of nitrogens with zero attached hydrogens (tertiary/aromatic N) is 1. The summed E-state index contributed by atoms with van der Waals surface area (Å²) in [4.78, 5) is 4.24. The summed E-state index contributed by atoms with van der Waals surface area (Å²) in [6.07, 6.45) is 8.47. The first-order chi connectivity index (χ1) is 6.77.